The van der Waals surface area contributed by atoms with Crippen LogP contribution in [-0.4, -0.2) is 36.3 Å². The number of rotatable bonds is 5. The zero-order valence-corrected chi connectivity index (χ0v) is 13.2. The standard InChI is InChI=1S/C19H20O5/c20-11-15-16-17(24-18(23-16)14-9-5-2-6-10-14)19(22-15)21-12-13-7-3-1-4-8-13/h1-10,15-20H,11-12H2/t15-,16-,17-,18?,19-/m1/s1. The predicted octanol–water partition coefficient (Wildman–Crippen LogP) is 2.40. The third-order valence-electron chi connectivity index (χ3n) is 4.34. The number of aliphatic hydroxyl groups excluding tert-OH is 1. The van der Waals surface area contributed by atoms with Crippen LogP contribution >= 0.6 is 0 Å². The van der Waals surface area contributed by atoms with Crippen LogP contribution in [-0.2, 0) is 25.6 Å². The van der Waals surface area contributed by atoms with E-state index in [0.717, 1.165) is 11.1 Å². The quantitative estimate of drug-likeness (QED) is 0.913. The van der Waals surface area contributed by atoms with Crippen LogP contribution in [0.5, 0.6) is 0 Å². The van der Waals surface area contributed by atoms with E-state index in [1.165, 1.54) is 0 Å². The first-order valence-electron chi connectivity index (χ1n) is 8.13. The third kappa shape index (κ3) is 3.09. The van der Waals surface area contributed by atoms with E-state index in [0.29, 0.717) is 6.61 Å². The molecule has 2 heterocycles. The first-order chi connectivity index (χ1) is 11.8. The van der Waals surface area contributed by atoms with Crippen molar-refractivity contribution in [2.45, 2.75) is 37.5 Å². The van der Waals surface area contributed by atoms with E-state index < -0.39 is 18.7 Å². The van der Waals surface area contributed by atoms with Gasteiger partial charge in [-0.2, -0.15) is 0 Å². The normalized spacial score (nSPS) is 32.0. The van der Waals surface area contributed by atoms with Gasteiger partial charge in [-0.3, -0.25) is 0 Å². The van der Waals surface area contributed by atoms with Gasteiger partial charge < -0.3 is 24.1 Å². The summed E-state index contributed by atoms with van der Waals surface area (Å²) in [6, 6.07) is 19.6. The molecule has 0 radical (unpaired) electrons. The molecule has 0 amide bonds. The molecule has 2 aromatic rings. The first-order valence-corrected chi connectivity index (χ1v) is 8.13. The van der Waals surface area contributed by atoms with Crippen molar-refractivity contribution in [1.82, 2.24) is 0 Å². The van der Waals surface area contributed by atoms with Crippen molar-refractivity contribution in [2.75, 3.05) is 6.61 Å². The number of hydrogen-bond donors (Lipinski definition) is 1. The second-order valence-corrected chi connectivity index (χ2v) is 5.97. The van der Waals surface area contributed by atoms with Gasteiger partial charge in [0.05, 0.1) is 13.2 Å². The highest BCUT2D eigenvalue weighted by atomic mass is 16.8. The van der Waals surface area contributed by atoms with E-state index in [4.69, 9.17) is 18.9 Å². The van der Waals surface area contributed by atoms with Crippen molar-refractivity contribution in [3.8, 4) is 0 Å². The van der Waals surface area contributed by atoms with Crippen molar-refractivity contribution in [1.29, 1.82) is 0 Å². The molecule has 2 aliphatic heterocycles. The van der Waals surface area contributed by atoms with Crippen LogP contribution in [0.1, 0.15) is 17.4 Å². The molecule has 0 aliphatic carbocycles. The lowest BCUT2D eigenvalue weighted by Gasteiger charge is -2.20. The summed E-state index contributed by atoms with van der Waals surface area (Å²) in [6.45, 7) is 0.295. The fraction of sp³-hybridized carbons (Fsp3) is 0.368. The number of fused-ring (bicyclic) bond motifs is 1. The highest BCUT2D eigenvalue weighted by molar-refractivity contribution is 5.17. The monoisotopic (exact) mass is 328 g/mol. The largest absolute Gasteiger partial charge is 0.394 e. The van der Waals surface area contributed by atoms with Gasteiger partial charge in [0.25, 0.3) is 0 Å². The van der Waals surface area contributed by atoms with Crippen LogP contribution in [0.2, 0.25) is 0 Å². The summed E-state index contributed by atoms with van der Waals surface area (Å²) >= 11 is 0. The molecule has 0 saturated carbocycles. The molecule has 126 valence electrons. The summed E-state index contributed by atoms with van der Waals surface area (Å²) in [5.74, 6) is 0. The van der Waals surface area contributed by atoms with Crippen LogP contribution in [0.15, 0.2) is 60.7 Å². The van der Waals surface area contributed by atoms with Gasteiger partial charge in [-0.15, -0.1) is 0 Å². The van der Waals surface area contributed by atoms with Crippen molar-refractivity contribution < 1.29 is 24.1 Å². The molecule has 2 fully saturated rings. The van der Waals surface area contributed by atoms with Crippen molar-refractivity contribution in [3.63, 3.8) is 0 Å². The second kappa shape index (κ2) is 7.01. The average Bonchev–Trinajstić information content (AvgIpc) is 3.21. The van der Waals surface area contributed by atoms with Crippen molar-refractivity contribution in [3.05, 3.63) is 71.8 Å². The smallest absolute Gasteiger partial charge is 0.187 e. The highest BCUT2D eigenvalue weighted by Crippen LogP contribution is 2.40. The van der Waals surface area contributed by atoms with Crippen LogP contribution in [0, 0.1) is 0 Å². The van der Waals surface area contributed by atoms with Crippen LogP contribution in [0.4, 0.5) is 0 Å². The molecule has 5 heteroatoms. The van der Waals surface area contributed by atoms with E-state index in [9.17, 15) is 5.11 Å². The molecule has 4 rings (SSSR count). The Balaban J connectivity index is 1.45. The van der Waals surface area contributed by atoms with E-state index in [1.807, 2.05) is 60.7 Å². The summed E-state index contributed by atoms with van der Waals surface area (Å²) in [5.41, 5.74) is 2.01. The van der Waals surface area contributed by atoms with E-state index in [2.05, 4.69) is 0 Å². The first kappa shape index (κ1) is 15.7. The van der Waals surface area contributed by atoms with Gasteiger partial charge in [0.2, 0.25) is 0 Å². The molecular weight excluding hydrogens is 308 g/mol. The number of aliphatic hydroxyl groups is 1. The molecule has 0 aromatic heterocycles. The lowest BCUT2D eigenvalue weighted by Crippen LogP contribution is -2.31. The Morgan fingerprint density at radius 2 is 1.50 bits per heavy atom. The summed E-state index contributed by atoms with van der Waals surface area (Å²) in [4.78, 5) is 0. The molecule has 2 aromatic carbocycles. The molecule has 0 spiro atoms. The minimum Gasteiger partial charge on any atom is -0.394 e. The minimum absolute atomic E-state index is 0.128. The topological polar surface area (TPSA) is 57.2 Å². The fourth-order valence-electron chi connectivity index (χ4n) is 3.12. The maximum Gasteiger partial charge on any atom is 0.187 e. The number of ether oxygens (including phenoxy) is 4. The number of hydrogen-bond acceptors (Lipinski definition) is 5. The van der Waals surface area contributed by atoms with Crippen molar-refractivity contribution in [2.24, 2.45) is 0 Å². The Morgan fingerprint density at radius 3 is 2.21 bits per heavy atom. The Morgan fingerprint density at radius 1 is 0.833 bits per heavy atom. The van der Waals surface area contributed by atoms with Gasteiger partial charge in [0.15, 0.2) is 12.6 Å². The zero-order chi connectivity index (χ0) is 16.4. The average molecular weight is 328 g/mol. The van der Waals surface area contributed by atoms with Gasteiger partial charge in [0, 0.05) is 5.56 Å². The summed E-state index contributed by atoms with van der Waals surface area (Å²) in [7, 11) is 0. The molecule has 2 aliphatic rings. The van der Waals surface area contributed by atoms with Crippen LogP contribution < -0.4 is 0 Å². The molecule has 1 N–H and O–H groups in total. The van der Waals surface area contributed by atoms with E-state index >= 15 is 0 Å². The molecule has 24 heavy (non-hydrogen) atoms. The van der Waals surface area contributed by atoms with E-state index in [1.54, 1.807) is 0 Å². The Bertz CT molecular complexity index is 647. The van der Waals surface area contributed by atoms with Gasteiger partial charge in [-0.25, -0.2) is 0 Å². The maximum atomic E-state index is 9.56. The minimum atomic E-state index is -0.555. The lowest BCUT2D eigenvalue weighted by molar-refractivity contribution is -0.214. The zero-order valence-electron chi connectivity index (χ0n) is 13.2. The molecule has 0 bridgehead atoms. The third-order valence-corrected chi connectivity index (χ3v) is 4.34. The Hall–Kier alpha value is -1.76. The summed E-state index contributed by atoms with van der Waals surface area (Å²) < 4.78 is 23.6. The van der Waals surface area contributed by atoms with Crippen molar-refractivity contribution >= 4 is 0 Å². The molecule has 1 unspecified atom stereocenters. The van der Waals surface area contributed by atoms with Crippen LogP contribution in [0.3, 0.4) is 0 Å². The molecule has 2 saturated heterocycles. The molecular formula is C19H20O5. The van der Waals surface area contributed by atoms with Crippen LogP contribution in [0.25, 0.3) is 0 Å². The summed E-state index contributed by atoms with van der Waals surface area (Å²) in [6.07, 6.45) is -2.13. The molecule has 5 nitrogen and oxygen atoms in total. The van der Waals surface area contributed by atoms with Gasteiger partial charge >= 0.3 is 0 Å². The summed E-state index contributed by atoms with van der Waals surface area (Å²) in [5, 5.41) is 9.56. The maximum absolute atomic E-state index is 9.56. The van der Waals surface area contributed by atoms with Gasteiger partial charge in [-0.05, 0) is 5.56 Å². The van der Waals surface area contributed by atoms with Gasteiger partial charge in [-0.1, -0.05) is 60.7 Å². The molecule has 5 atom stereocenters. The predicted molar refractivity (Wildman–Crippen MR) is 85.9 cm³/mol. The lowest BCUT2D eigenvalue weighted by atomic mass is 10.1. The van der Waals surface area contributed by atoms with Gasteiger partial charge in [0.1, 0.15) is 18.3 Å². The Kier molecular flexibility index (Phi) is 4.60. The number of benzene rings is 2. The SMILES string of the molecule is OC[C@H]1O[C@@H](OCc2ccccc2)[C@@H]2OC(c3ccccc3)O[C@@H]21. The van der Waals surface area contributed by atoms with E-state index in [-0.39, 0.29) is 18.8 Å². The second-order valence-electron chi connectivity index (χ2n) is 5.97. The Labute approximate surface area is 140 Å². The fourth-order valence-corrected chi connectivity index (χ4v) is 3.12. The highest BCUT2D eigenvalue weighted by Gasteiger charge is 2.53.